The zero-order valence-electron chi connectivity index (χ0n) is 8.36. The van der Waals surface area contributed by atoms with Crippen molar-refractivity contribution in [2.24, 2.45) is 0 Å². The van der Waals surface area contributed by atoms with Gasteiger partial charge in [-0.3, -0.25) is 4.79 Å². The van der Waals surface area contributed by atoms with Crippen molar-refractivity contribution in [3.8, 4) is 0 Å². The van der Waals surface area contributed by atoms with Crippen molar-refractivity contribution in [3.63, 3.8) is 0 Å². The van der Waals surface area contributed by atoms with Crippen LogP contribution in [0.15, 0.2) is 12.1 Å². The highest BCUT2D eigenvalue weighted by molar-refractivity contribution is 7.92. The van der Waals surface area contributed by atoms with Crippen molar-refractivity contribution in [2.45, 2.75) is 19.1 Å². The first kappa shape index (κ1) is 12.7. The standard InChI is InChI=1S/C9H11ClO3S2/c1-3-15(12,13)6(2)9(11)7-4-5-8(10)14-7/h4-6H,3H2,1-2H3. The molecule has 0 saturated heterocycles. The molecular formula is C9H11ClO3S2. The number of thiophene rings is 1. The fraction of sp³-hybridized carbons (Fsp3) is 0.444. The Kier molecular flexibility index (Phi) is 3.92. The van der Waals surface area contributed by atoms with Crippen LogP contribution in [0.3, 0.4) is 0 Å². The van der Waals surface area contributed by atoms with Crippen LogP contribution in [0, 0.1) is 0 Å². The topological polar surface area (TPSA) is 51.2 Å². The zero-order chi connectivity index (χ0) is 11.6. The van der Waals surface area contributed by atoms with E-state index >= 15 is 0 Å². The van der Waals surface area contributed by atoms with Gasteiger partial charge in [0.15, 0.2) is 15.6 Å². The number of carbonyl (C=O) groups excluding carboxylic acids is 1. The second-order valence-electron chi connectivity index (χ2n) is 3.06. The average Bonchev–Trinajstić information content (AvgIpc) is 2.62. The molecule has 0 bridgehead atoms. The van der Waals surface area contributed by atoms with Crippen LogP contribution in [0.4, 0.5) is 0 Å². The third kappa shape index (κ3) is 2.80. The van der Waals surface area contributed by atoms with Gasteiger partial charge in [-0.25, -0.2) is 8.42 Å². The van der Waals surface area contributed by atoms with Crippen LogP contribution in [-0.4, -0.2) is 25.2 Å². The first-order chi connectivity index (χ1) is 6.88. The van der Waals surface area contributed by atoms with E-state index < -0.39 is 15.1 Å². The number of hydrogen-bond acceptors (Lipinski definition) is 4. The van der Waals surface area contributed by atoms with Crippen LogP contribution in [0.2, 0.25) is 4.34 Å². The minimum absolute atomic E-state index is 0.0288. The molecule has 1 aromatic heterocycles. The Morgan fingerprint density at radius 1 is 1.53 bits per heavy atom. The second kappa shape index (κ2) is 4.63. The molecule has 0 aliphatic heterocycles. The summed E-state index contributed by atoms with van der Waals surface area (Å²) in [7, 11) is -3.32. The number of Topliss-reactive ketones (excluding diaryl/α,β-unsaturated/α-hetero) is 1. The van der Waals surface area contributed by atoms with E-state index in [1.807, 2.05) is 0 Å². The summed E-state index contributed by atoms with van der Waals surface area (Å²) in [6.45, 7) is 2.94. The number of halogens is 1. The summed E-state index contributed by atoms with van der Waals surface area (Å²) in [5.74, 6) is -0.410. The van der Waals surface area contributed by atoms with Crippen LogP contribution in [0.25, 0.3) is 0 Å². The number of ketones is 1. The Hall–Kier alpha value is -0.390. The van der Waals surface area contributed by atoms with Gasteiger partial charge in [-0.15, -0.1) is 11.3 Å². The summed E-state index contributed by atoms with van der Waals surface area (Å²) < 4.78 is 23.4. The van der Waals surface area contributed by atoms with E-state index in [9.17, 15) is 13.2 Å². The molecule has 1 atom stereocenters. The van der Waals surface area contributed by atoms with Gasteiger partial charge < -0.3 is 0 Å². The third-order valence-electron chi connectivity index (χ3n) is 2.13. The first-order valence-corrected chi connectivity index (χ1v) is 7.30. The molecule has 84 valence electrons. The quantitative estimate of drug-likeness (QED) is 0.787. The minimum Gasteiger partial charge on any atom is -0.292 e. The lowest BCUT2D eigenvalue weighted by atomic mass is 10.2. The zero-order valence-corrected chi connectivity index (χ0v) is 10.7. The van der Waals surface area contributed by atoms with Gasteiger partial charge in [0.25, 0.3) is 0 Å². The normalized spacial score (nSPS) is 13.8. The van der Waals surface area contributed by atoms with Gasteiger partial charge >= 0.3 is 0 Å². The van der Waals surface area contributed by atoms with Crippen LogP contribution in [-0.2, 0) is 9.84 Å². The van der Waals surface area contributed by atoms with Crippen molar-refractivity contribution in [3.05, 3.63) is 21.3 Å². The van der Waals surface area contributed by atoms with E-state index in [4.69, 9.17) is 11.6 Å². The van der Waals surface area contributed by atoms with E-state index in [2.05, 4.69) is 0 Å². The minimum atomic E-state index is -3.32. The van der Waals surface area contributed by atoms with Gasteiger partial charge in [0, 0.05) is 5.75 Å². The largest absolute Gasteiger partial charge is 0.292 e. The maximum absolute atomic E-state index is 11.7. The van der Waals surface area contributed by atoms with Crippen LogP contribution in [0.5, 0.6) is 0 Å². The predicted octanol–water partition coefficient (Wildman–Crippen LogP) is 2.41. The van der Waals surface area contributed by atoms with Crippen LogP contribution < -0.4 is 0 Å². The van der Waals surface area contributed by atoms with Crippen molar-refractivity contribution < 1.29 is 13.2 Å². The van der Waals surface area contributed by atoms with Gasteiger partial charge in [-0.2, -0.15) is 0 Å². The summed E-state index contributed by atoms with van der Waals surface area (Å²) in [5, 5.41) is -0.989. The highest BCUT2D eigenvalue weighted by Gasteiger charge is 2.27. The molecule has 1 rings (SSSR count). The van der Waals surface area contributed by atoms with E-state index in [0.717, 1.165) is 11.3 Å². The van der Waals surface area contributed by atoms with Crippen LogP contribution >= 0.6 is 22.9 Å². The number of hydrogen-bond donors (Lipinski definition) is 0. The van der Waals surface area contributed by atoms with Gasteiger partial charge in [0.2, 0.25) is 0 Å². The molecule has 0 aliphatic rings. The lowest BCUT2D eigenvalue weighted by Gasteiger charge is -2.08. The van der Waals surface area contributed by atoms with Gasteiger partial charge in [0.1, 0.15) is 5.25 Å². The molecule has 0 radical (unpaired) electrons. The van der Waals surface area contributed by atoms with Crippen molar-refractivity contribution in [2.75, 3.05) is 5.75 Å². The van der Waals surface area contributed by atoms with Crippen molar-refractivity contribution >= 4 is 38.6 Å². The fourth-order valence-corrected chi connectivity index (χ4v) is 3.16. The van der Waals surface area contributed by atoms with Crippen molar-refractivity contribution in [1.82, 2.24) is 0 Å². The van der Waals surface area contributed by atoms with E-state index in [1.54, 1.807) is 12.1 Å². The number of rotatable bonds is 4. The van der Waals surface area contributed by atoms with Gasteiger partial charge in [-0.1, -0.05) is 18.5 Å². The molecule has 0 spiro atoms. The highest BCUT2D eigenvalue weighted by Crippen LogP contribution is 2.24. The predicted molar refractivity (Wildman–Crippen MR) is 62.6 cm³/mol. The van der Waals surface area contributed by atoms with Crippen LogP contribution in [0.1, 0.15) is 23.5 Å². The molecule has 1 heterocycles. The summed E-state index contributed by atoms with van der Waals surface area (Å²) in [4.78, 5) is 12.1. The maximum Gasteiger partial charge on any atom is 0.190 e. The Bertz CT molecular complexity index is 461. The monoisotopic (exact) mass is 266 g/mol. The SMILES string of the molecule is CCS(=O)(=O)C(C)C(=O)c1ccc(Cl)s1. The number of sulfone groups is 1. The molecule has 0 saturated carbocycles. The molecule has 0 aromatic carbocycles. The average molecular weight is 267 g/mol. The second-order valence-corrected chi connectivity index (χ2v) is 7.39. The number of carbonyl (C=O) groups is 1. The lowest BCUT2D eigenvalue weighted by Crippen LogP contribution is -2.28. The summed E-state index contributed by atoms with van der Waals surface area (Å²) >= 11 is 6.78. The molecule has 1 unspecified atom stereocenters. The fourth-order valence-electron chi connectivity index (χ4n) is 1.06. The third-order valence-corrected chi connectivity index (χ3v) is 5.47. The molecule has 0 aliphatic carbocycles. The summed E-state index contributed by atoms with van der Waals surface area (Å²) in [6.07, 6.45) is 0. The molecule has 0 N–H and O–H groups in total. The first-order valence-electron chi connectivity index (χ1n) is 4.39. The molecule has 0 amide bonds. The Balaban J connectivity index is 2.96. The summed E-state index contributed by atoms with van der Waals surface area (Å²) in [5.41, 5.74) is 0. The van der Waals surface area contributed by atoms with E-state index in [1.165, 1.54) is 13.8 Å². The molecular weight excluding hydrogens is 256 g/mol. The molecule has 15 heavy (non-hydrogen) atoms. The molecule has 6 heteroatoms. The molecule has 1 aromatic rings. The lowest BCUT2D eigenvalue weighted by molar-refractivity contribution is 0.0995. The smallest absolute Gasteiger partial charge is 0.190 e. The Morgan fingerprint density at radius 2 is 2.13 bits per heavy atom. The van der Waals surface area contributed by atoms with E-state index in [0.29, 0.717) is 9.21 Å². The van der Waals surface area contributed by atoms with Gasteiger partial charge in [0.05, 0.1) is 9.21 Å². The maximum atomic E-state index is 11.7. The molecule has 3 nitrogen and oxygen atoms in total. The highest BCUT2D eigenvalue weighted by atomic mass is 35.5. The Morgan fingerprint density at radius 3 is 2.53 bits per heavy atom. The van der Waals surface area contributed by atoms with Crippen molar-refractivity contribution in [1.29, 1.82) is 0 Å². The molecule has 0 fully saturated rings. The Labute approximate surface area is 98.0 Å². The summed E-state index contributed by atoms with van der Waals surface area (Å²) in [6, 6.07) is 3.14. The van der Waals surface area contributed by atoms with Gasteiger partial charge in [-0.05, 0) is 19.1 Å². The van der Waals surface area contributed by atoms with E-state index in [-0.39, 0.29) is 11.5 Å².